The van der Waals surface area contributed by atoms with Gasteiger partial charge < -0.3 is 15.1 Å². The monoisotopic (exact) mass is 305 g/mol. The summed E-state index contributed by atoms with van der Waals surface area (Å²) in [6, 6.07) is 1.86. The molecule has 5 heteroatoms. The zero-order chi connectivity index (χ0) is 14.8. The molecule has 2 aliphatic rings. The number of fused-ring (bicyclic) bond motifs is 1. The molecular formula is C16H19NO3S. The van der Waals surface area contributed by atoms with Crippen LogP contribution in [0.5, 0.6) is 0 Å². The van der Waals surface area contributed by atoms with Gasteiger partial charge in [0.2, 0.25) is 0 Å². The normalized spacial score (nSPS) is 27.3. The fourth-order valence-corrected chi connectivity index (χ4v) is 4.15. The molecule has 3 unspecified atom stereocenters. The van der Waals surface area contributed by atoms with Crippen LogP contribution in [-0.2, 0) is 0 Å². The minimum Gasteiger partial charge on any atom is -0.395 e. The highest BCUT2D eigenvalue weighted by molar-refractivity contribution is 7.12. The maximum Gasteiger partial charge on any atom is 0.265 e. The lowest BCUT2D eigenvalue weighted by atomic mass is 10.00. The number of amides is 1. The van der Waals surface area contributed by atoms with Crippen LogP contribution in [0.1, 0.15) is 34.5 Å². The van der Waals surface area contributed by atoms with Crippen molar-refractivity contribution in [2.75, 3.05) is 19.7 Å². The van der Waals surface area contributed by atoms with E-state index in [9.17, 15) is 9.90 Å². The third-order valence-electron chi connectivity index (χ3n) is 4.43. The molecule has 1 aromatic heterocycles. The Morgan fingerprint density at radius 1 is 1.43 bits per heavy atom. The van der Waals surface area contributed by atoms with Crippen LogP contribution in [0.3, 0.4) is 0 Å². The molecule has 112 valence electrons. The van der Waals surface area contributed by atoms with Gasteiger partial charge in [0.1, 0.15) is 4.88 Å². The molecule has 3 atom stereocenters. The Bertz CT molecular complexity index is 586. The number of nitrogens with zero attached hydrogens (tertiary/aromatic N) is 1. The lowest BCUT2D eigenvalue weighted by molar-refractivity contribution is 0.0757. The van der Waals surface area contributed by atoms with E-state index >= 15 is 0 Å². The van der Waals surface area contributed by atoms with Crippen LogP contribution in [0.2, 0.25) is 0 Å². The zero-order valence-electron chi connectivity index (χ0n) is 11.8. The average Bonchev–Trinajstić information content (AvgIpc) is 3.16. The smallest absolute Gasteiger partial charge is 0.265 e. The number of rotatable bonds is 2. The average molecular weight is 305 g/mol. The Balaban J connectivity index is 1.72. The predicted octanol–water partition coefficient (Wildman–Crippen LogP) is 1.32. The van der Waals surface area contributed by atoms with E-state index in [1.807, 2.05) is 16.3 Å². The molecule has 2 heterocycles. The Morgan fingerprint density at radius 3 is 3.05 bits per heavy atom. The second-order valence-corrected chi connectivity index (χ2v) is 6.63. The topological polar surface area (TPSA) is 60.8 Å². The standard InChI is InChI=1S/C16H19NO3S/c18-7-2-1-3-11-6-8-21-15(11)16(20)17-9-12-4-5-14(19)13(12)10-17/h6,8,12-14,18-19H,2,4-5,7,9-10H2. The van der Waals surface area contributed by atoms with Crippen molar-refractivity contribution in [1.29, 1.82) is 0 Å². The Morgan fingerprint density at radius 2 is 2.29 bits per heavy atom. The van der Waals surface area contributed by atoms with Crippen LogP contribution in [0.25, 0.3) is 0 Å². The molecule has 1 aromatic rings. The first-order chi connectivity index (χ1) is 10.2. The maximum atomic E-state index is 12.6. The summed E-state index contributed by atoms with van der Waals surface area (Å²) in [5.41, 5.74) is 0.746. The summed E-state index contributed by atoms with van der Waals surface area (Å²) in [6.45, 7) is 1.45. The molecule has 0 aromatic carbocycles. The summed E-state index contributed by atoms with van der Waals surface area (Å²) >= 11 is 1.41. The minimum atomic E-state index is -0.250. The van der Waals surface area contributed by atoms with Crippen LogP contribution < -0.4 is 0 Å². The number of carbonyl (C=O) groups is 1. The van der Waals surface area contributed by atoms with E-state index in [4.69, 9.17) is 5.11 Å². The van der Waals surface area contributed by atoms with Crippen molar-refractivity contribution in [2.45, 2.75) is 25.4 Å². The van der Waals surface area contributed by atoms with E-state index < -0.39 is 0 Å². The van der Waals surface area contributed by atoms with Crippen molar-refractivity contribution < 1.29 is 15.0 Å². The molecule has 2 fully saturated rings. The third kappa shape index (κ3) is 2.84. The minimum absolute atomic E-state index is 0.0277. The van der Waals surface area contributed by atoms with E-state index in [-0.39, 0.29) is 24.5 Å². The van der Waals surface area contributed by atoms with E-state index in [0.717, 1.165) is 24.9 Å². The van der Waals surface area contributed by atoms with Gasteiger partial charge >= 0.3 is 0 Å². The molecule has 0 bridgehead atoms. The predicted molar refractivity (Wildman–Crippen MR) is 81.0 cm³/mol. The number of carbonyl (C=O) groups excluding carboxylic acids is 1. The molecule has 1 aliphatic heterocycles. The van der Waals surface area contributed by atoms with Crippen LogP contribution >= 0.6 is 11.3 Å². The van der Waals surface area contributed by atoms with Gasteiger partial charge in [-0.15, -0.1) is 11.3 Å². The second-order valence-electron chi connectivity index (χ2n) is 5.72. The van der Waals surface area contributed by atoms with Crippen LogP contribution in [-0.4, -0.2) is 46.8 Å². The van der Waals surface area contributed by atoms with Gasteiger partial charge in [0.15, 0.2) is 0 Å². The molecule has 0 radical (unpaired) electrons. The highest BCUT2D eigenvalue weighted by Gasteiger charge is 2.43. The fraction of sp³-hybridized carbons (Fsp3) is 0.562. The Labute approximate surface area is 128 Å². The van der Waals surface area contributed by atoms with Crippen molar-refractivity contribution in [3.63, 3.8) is 0 Å². The third-order valence-corrected chi connectivity index (χ3v) is 5.33. The summed E-state index contributed by atoms with van der Waals surface area (Å²) < 4.78 is 0. The molecule has 1 aliphatic carbocycles. The Hall–Kier alpha value is -1.35. The van der Waals surface area contributed by atoms with Gasteiger partial charge in [0, 0.05) is 31.0 Å². The zero-order valence-corrected chi connectivity index (χ0v) is 12.6. The van der Waals surface area contributed by atoms with E-state index in [1.54, 1.807) is 0 Å². The summed E-state index contributed by atoms with van der Waals surface area (Å²) in [5.74, 6) is 6.55. The fourth-order valence-electron chi connectivity index (χ4n) is 3.33. The van der Waals surface area contributed by atoms with Crippen LogP contribution in [0, 0.1) is 23.7 Å². The molecule has 3 rings (SSSR count). The van der Waals surface area contributed by atoms with Gasteiger partial charge in [0.05, 0.1) is 12.7 Å². The number of hydrogen-bond acceptors (Lipinski definition) is 4. The first-order valence-corrected chi connectivity index (χ1v) is 8.23. The van der Waals surface area contributed by atoms with Crippen LogP contribution in [0.4, 0.5) is 0 Å². The van der Waals surface area contributed by atoms with Gasteiger partial charge in [0.25, 0.3) is 5.91 Å². The second kappa shape index (κ2) is 6.18. The van der Waals surface area contributed by atoms with E-state index in [2.05, 4.69) is 11.8 Å². The highest BCUT2D eigenvalue weighted by atomic mass is 32.1. The first-order valence-electron chi connectivity index (χ1n) is 7.35. The van der Waals surface area contributed by atoms with Crippen molar-refractivity contribution in [1.82, 2.24) is 4.90 Å². The van der Waals surface area contributed by atoms with Gasteiger partial charge in [-0.05, 0) is 30.2 Å². The number of likely N-dealkylation sites (tertiary alicyclic amines) is 1. The summed E-state index contributed by atoms with van der Waals surface area (Å²) in [4.78, 5) is 15.2. The number of hydrogen-bond donors (Lipinski definition) is 2. The van der Waals surface area contributed by atoms with E-state index in [0.29, 0.717) is 23.8 Å². The van der Waals surface area contributed by atoms with E-state index in [1.165, 1.54) is 11.3 Å². The largest absolute Gasteiger partial charge is 0.395 e. The molecule has 4 nitrogen and oxygen atoms in total. The SMILES string of the molecule is O=C(c1sccc1C#CCCO)N1CC2CCC(O)C2C1. The van der Waals surface area contributed by atoms with Crippen molar-refractivity contribution in [2.24, 2.45) is 11.8 Å². The lowest BCUT2D eigenvalue weighted by Crippen LogP contribution is -2.30. The van der Waals surface area contributed by atoms with Gasteiger partial charge in [-0.3, -0.25) is 4.79 Å². The first kappa shape index (κ1) is 14.6. The molecule has 1 amide bonds. The number of aliphatic hydroxyl groups is 2. The molecule has 1 saturated carbocycles. The molecule has 0 spiro atoms. The molecule has 21 heavy (non-hydrogen) atoms. The number of aliphatic hydroxyl groups excluding tert-OH is 2. The van der Waals surface area contributed by atoms with Gasteiger partial charge in [-0.1, -0.05) is 11.8 Å². The Kier molecular flexibility index (Phi) is 4.29. The number of thiophene rings is 1. The maximum absolute atomic E-state index is 12.6. The highest BCUT2D eigenvalue weighted by Crippen LogP contribution is 2.38. The molecule has 2 N–H and O–H groups in total. The summed E-state index contributed by atoms with van der Waals surface area (Å²) in [7, 11) is 0. The van der Waals surface area contributed by atoms with Crippen molar-refractivity contribution >= 4 is 17.2 Å². The van der Waals surface area contributed by atoms with Gasteiger partial charge in [-0.2, -0.15) is 0 Å². The van der Waals surface area contributed by atoms with Gasteiger partial charge in [-0.25, -0.2) is 0 Å². The van der Waals surface area contributed by atoms with Crippen LogP contribution in [0.15, 0.2) is 11.4 Å². The molecule has 1 saturated heterocycles. The lowest BCUT2D eigenvalue weighted by Gasteiger charge is -2.17. The van der Waals surface area contributed by atoms with Crippen molar-refractivity contribution in [3.05, 3.63) is 21.9 Å². The van der Waals surface area contributed by atoms with Crippen molar-refractivity contribution in [3.8, 4) is 11.8 Å². The quantitative estimate of drug-likeness (QED) is 0.810. The molecular weight excluding hydrogens is 286 g/mol. The summed E-state index contributed by atoms with van der Waals surface area (Å²) in [6.07, 6.45) is 2.06. The summed E-state index contributed by atoms with van der Waals surface area (Å²) in [5, 5.41) is 20.6.